The third-order valence-electron chi connectivity index (χ3n) is 4.89. The van der Waals surface area contributed by atoms with Crippen LogP contribution in [0, 0.1) is 0 Å². The van der Waals surface area contributed by atoms with Gasteiger partial charge in [-0.1, -0.05) is 72.3 Å². The molecule has 0 unspecified atom stereocenters. The fraction of sp³-hybridized carbons (Fsp3) is 0.292. The molecule has 0 aliphatic carbocycles. The molecule has 0 N–H and O–H groups in total. The lowest BCUT2D eigenvalue weighted by Gasteiger charge is -2.13. The largest absolute Gasteiger partial charge is 0.489 e. The summed E-state index contributed by atoms with van der Waals surface area (Å²) >= 11 is 12.9. The van der Waals surface area contributed by atoms with Gasteiger partial charge in [0, 0.05) is 23.6 Å². The van der Waals surface area contributed by atoms with Crippen LogP contribution in [0.3, 0.4) is 0 Å². The number of nitrogens with zero attached hydrogens (tertiary/aromatic N) is 1. The van der Waals surface area contributed by atoms with E-state index in [4.69, 9.17) is 28.6 Å². The highest BCUT2D eigenvalue weighted by Gasteiger charge is 2.31. The first-order valence-electron chi connectivity index (χ1n) is 10.3. The topological polar surface area (TPSA) is 55.8 Å². The van der Waals surface area contributed by atoms with Crippen molar-refractivity contribution in [2.45, 2.75) is 32.3 Å². The van der Waals surface area contributed by atoms with Crippen molar-refractivity contribution in [3.63, 3.8) is 0 Å². The normalized spacial score (nSPS) is 14.8. The van der Waals surface area contributed by atoms with Gasteiger partial charge in [0.25, 0.3) is 5.91 Å². The van der Waals surface area contributed by atoms with Gasteiger partial charge in [0.1, 0.15) is 16.7 Å². The number of thiocarbonyl (C=S) groups is 1. The van der Waals surface area contributed by atoms with Gasteiger partial charge in [-0.25, -0.2) is 0 Å². The summed E-state index contributed by atoms with van der Waals surface area (Å²) in [5.74, 6) is 0.437. The summed E-state index contributed by atoms with van der Waals surface area (Å²) < 4.78 is 11.0. The number of methoxy groups -OCH3 is 1. The Balaban J connectivity index is 1.51. The fourth-order valence-corrected chi connectivity index (χ4v) is 4.60. The summed E-state index contributed by atoms with van der Waals surface area (Å²) in [6, 6.07) is 15.1. The van der Waals surface area contributed by atoms with E-state index < -0.39 is 0 Å². The molecule has 8 heteroatoms. The zero-order chi connectivity index (χ0) is 22.9. The number of ether oxygens (including phenoxy) is 2. The smallest absolute Gasteiger partial charge is 0.305 e. The summed E-state index contributed by atoms with van der Waals surface area (Å²) in [6.45, 7) is 0.940. The van der Waals surface area contributed by atoms with Crippen molar-refractivity contribution in [3.8, 4) is 5.75 Å². The van der Waals surface area contributed by atoms with E-state index in [1.807, 2.05) is 54.6 Å². The van der Waals surface area contributed by atoms with E-state index >= 15 is 0 Å². The number of halogens is 1. The standard InChI is InChI=1S/C24H24ClNO4S2/c1-29-22(27)9-3-2-6-14-26-23(28)21(32-24(26)31)15-17-10-12-19(13-11-17)30-16-18-7-4-5-8-20(18)25/h4-5,7-8,10-13,15H,2-3,6,9,14,16H2,1H3/b21-15-. The maximum Gasteiger partial charge on any atom is 0.305 e. The van der Waals surface area contributed by atoms with E-state index in [9.17, 15) is 9.59 Å². The predicted octanol–water partition coefficient (Wildman–Crippen LogP) is 5.85. The molecule has 1 heterocycles. The highest BCUT2D eigenvalue weighted by molar-refractivity contribution is 8.26. The highest BCUT2D eigenvalue weighted by Crippen LogP contribution is 2.33. The predicted molar refractivity (Wildman–Crippen MR) is 133 cm³/mol. The average Bonchev–Trinajstić information content (AvgIpc) is 3.06. The van der Waals surface area contributed by atoms with Crippen LogP contribution in [-0.2, 0) is 20.9 Å². The number of esters is 1. The fourth-order valence-electron chi connectivity index (χ4n) is 3.10. The maximum atomic E-state index is 12.7. The van der Waals surface area contributed by atoms with Crippen LogP contribution in [0.15, 0.2) is 53.4 Å². The Morgan fingerprint density at radius 1 is 1.12 bits per heavy atom. The van der Waals surface area contributed by atoms with Crippen LogP contribution in [0.5, 0.6) is 5.75 Å². The maximum absolute atomic E-state index is 12.7. The average molecular weight is 490 g/mol. The monoisotopic (exact) mass is 489 g/mol. The lowest BCUT2D eigenvalue weighted by molar-refractivity contribution is -0.140. The summed E-state index contributed by atoms with van der Waals surface area (Å²) in [4.78, 5) is 26.1. The summed E-state index contributed by atoms with van der Waals surface area (Å²) in [6.07, 6.45) is 4.60. The molecule has 0 aromatic heterocycles. The van der Waals surface area contributed by atoms with E-state index in [1.54, 1.807) is 4.90 Å². The van der Waals surface area contributed by atoms with Crippen molar-refractivity contribution in [1.82, 2.24) is 4.90 Å². The Labute approximate surface area is 202 Å². The van der Waals surface area contributed by atoms with Crippen LogP contribution in [0.25, 0.3) is 6.08 Å². The molecule has 0 atom stereocenters. The molecule has 5 nitrogen and oxygen atoms in total. The lowest BCUT2D eigenvalue weighted by atomic mass is 10.2. The molecular formula is C24H24ClNO4S2. The van der Waals surface area contributed by atoms with Crippen LogP contribution >= 0.6 is 35.6 Å². The number of rotatable bonds is 10. The zero-order valence-electron chi connectivity index (χ0n) is 17.7. The van der Waals surface area contributed by atoms with Gasteiger partial charge in [0.05, 0.1) is 12.0 Å². The Morgan fingerprint density at radius 2 is 1.88 bits per heavy atom. The Hall–Kier alpha value is -2.35. The van der Waals surface area contributed by atoms with Crippen LogP contribution in [0.2, 0.25) is 5.02 Å². The van der Waals surface area contributed by atoms with Gasteiger partial charge in [-0.2, -0.15) is 0 Å². The van der Waals surface area contributed by atoms with Gasteiger partial charge in [-0.05, 0) is 42.7 Å². The molecule has 3 rings (SSSR count). The molecule has 1 aliphatic rings. The number of thioether (sulfide) groups is 1. The quantitative estimate of drug-likeness (QED) is 0.180. The summed E-state index contributed by atoms with van der Waals surface area (Å²) in [7, 11) is 1.38. The molecule has 0 radical (unpaired) electrons. The number of benzene rings is 2. The Kier molecular flexibility index (Phi) is 9.14. The highest BCUT2D eigenvalue weighted by atomic mass is 35.5. The van der Waals surface area contributed by atoms with Crippen molar-refractivity contribution < 1.29 is 19.1 Å². The molecule has 32 heavy (non-hydrogen) atoms. The SMILES string of the molecule is COC(=O)CCCCCN1C(=O)/C(=C/c2ccc(OCc3ccccc3Cl)cc2)SC1=S. The van der Waals surface area contributed by atoms with E-state index in [0.717, 1.165) is 36.1 Å². The zero-order valence-corrected chi connectivity index (χ0v) is 20.1. The molecule has 2 aromatic rings. The van der Waals surface area contributed by atoms with Crippen molar-refractivity contribution in [3.05, 3.63) is 69.6 Å². The second-order valence-corrected chi connectivity index (χ2v) is 9.25. The van der Waals surface area contributed by atoms with Crippen LogP contribution in [0.1, 0.15) is 36.8 Å². The number of hydrogen-bond donors (Lipinski definition) is 0. The molecule has 1 saturated heterocycles. The number of hydrogen-bond acceptors (Lipinski definition) is 6. The summed E-state index contributed by atoms with van der Waals surface area (Å²) in [5.41, 5.74) is 1.82. The second-order valence-electron chi connectivity index (χ2n) is 7.17. The number of amides is 1. The molecule has 2 aromatic carbocycles. The lowest BCUT2D eigenvalue weighted by Crippen LogP contribution is -2.29. The molecule has 0 saturated carbocycles. The minimum atomic E-state index is -0.209. The summed E-state index contributed by atoms with van der Waals surface area (Å²) in [5, 5.41) is 0.676. The van der Waals surface area contributed by atoms with E-state index in [0.29, 0.717) is 33.8 Å². The van der Waals surface area contributed by atoms with E-state index in [-0.39, 0.29) is 11.9 Å². The first kappa shape index (κ1) is 24.3. The van der Waals surface area contributed by atoms with Gasteiger partial charge >= 0.3 is 5.97 Å². The molecule has 0 bridgehead atoms. The molecule has 168 valence electrons. The molecule has 1 aliphatic heterocycles. The van der Waals surface area contributed by atoms with Gasteiger partial charge in [-0.15, -0.1) is 0 Å². The first-order chi connectivity index (χ1) is 15.5. The van der Waals surface area contributed by atoms with Crippen molar-refractivity contribution in [2.24, 2.45) is 0 Å². The molecule has 1 fully saturated rings. The molecule has 1 amide bonds. The first-order valence-corrected chi connectivity index (χ1v) is 11.9. The Morgan fingerprint density at radius 3 is 2.59 bits per heavy atom. The van der Waals surface area contributed by atoms with Crippen molar-refractivity contribution in [1.29, 1.82) is 0 Å². The van der Waals surface area contributed by atoms with Crippen LogP contribution < -0.4 is 4.74 Å². The van der Waals surface area contributed by atoms with Gasteiger partial charge < -0.3 is 9.47 Å². The minimum Gasteiger partial charge on any atom is -0.489 e. The minimum absolute atomic E-state index is 0.0768. The van der Waals surface area contributed by atoms with Crippen LogP contribution in [0.4, 0.5) is 0 Å². The van der Waals surface area contributed by atoms with Crippen molar-refractivity contribution >= 4 is 57.9 Å². The van der Waals surface area contributed by atoms with E-state index in [1.165, 1.54) is 18.9 Å². The third-order valence-corrected chi connectivity index (χ3v) is 6.64. The number of carbonyl (C=O) groups excluding carboxylic acids is 2. The van der Waals surface area contributed by atoms with E-state index in [2.05, 4.69) is 4.74 Å². The molecule has 0 spiro atoms. The van der Waals surface area contributed by atoms with Gasteiger partial charge in [0.15, 0.2) is 0 Å². The van der Waals surface area contributed by atoms with Gasteiger partial charge in [-0.3, -0.25) is 14.5 Å². The Bertz CT molecular complexity index is 1010. The van der Waals surface area contributed by atoms with Crippen LogP contribution in [-0.4, -0.2) is 34.8 Å². The second kappa shape index (κ2) is 12.0. The molecular weight excluding hydrogens is 466 g/mol. The number of unbranched alkanes of at least 4 members (excludes halogenated alkanes) is 2. The third kappa shape index (κ3) is 6.82. The van der Waals surface area contributed by atoms with Gasteiger partial charge in [0.2, 0.25) is 0 Å². The number of carbonyl (C=O) groups is 2. The van der Waals surface area contributed by atoms with Crippen molar-refractivity contribution in [2.75, 3.05) is 13.7 Å².